The van der Waals surface area contributed by atoms with Crippen molar-refractivity contribution >= 4 is 11.7 Å². The summed E-state index contributed by atoms with van der Waals surface area (Å²) in [6.45, 7) is 5.43. The molecule has 2 heterocycles. The van der Waals surface area contributed by atoms with Gasteiger partial charge in [0.15, 0.2) is 5.43 Å². The molecule has 6 N–H and O–H groups in total. The van der Waals surface area contributed by atoms with Gasteiger partial charge in [-0.3, -0.25) is 19.6 Å². The lowest BCUT2D eigenvalue weighted by Crippen LogP contribution is -2.31. The van der Waals surface area contributed by atoms with Gasteiger partial charge in [-0.2, -0.15) is 0 Å². The van der Waals surface area contributed by atoms with Crippen LogP contribution in [-0.2, 0) is 6.54 Å². The molecule has 2 aromatic heterocycles. The van der Waals surface area contributed by atoms with Crippen molar-refractivity contribution < 1.29 is 4.79 Å². The number of H-pyrrole nitrogens is 1. The number of aryl methyl sites for hydroxylation is 1. The monoisotopic (exact) mass is 444 g/mol. The van der Waals surface area contributed by atoms with Gasteiger partial charge in [-0.25, -0.2) is 0 Å². The Morgan fingerprint density at radius 1 is 1.21 bits per heavy atom. The van der Waals surface area contributed by atoms with Crippen molar-refractivity contribution in [3.05, 3.63) is 99.2 Å². The van der Waals surface area contributed by atoms with Crippen LogP contribution in [0, 0.1) is 6.92 Å². The third-order valence-electron chi connectivity index (χ3n) is 5.05. The molecular weight excluding hydrogens is 416 g/mol. The normalized spacial score (nSPS) is 12.9. The molecule has 0 saturated heterocycles. The zero-order valence-corrected chi connectivity index (χ0v) is 18.9. The first-order valence-corrected chi connectivity index (χ1v) is 10.5. The molecule has 1 aromatic carbocycles. The fraction of sp³-hybridized carbons (Fsp3) is 0.200. The molecule has 0 aliphatic carbocycles. The van der Waals surface area contributed by atoms with E-state index in [4.69, 9.17) is 11.5 Å². The number of carbonyl (C=O) groups is 1. The van der Waals surface area contributed by atoms with E-state index < -0.39 is 11.9 Å². The summed E-state index contributed by atoms with van der Waals surface area (Å²) >= 11 is 0. The van der Waals surface area contributed by atoms with Crippen molar-refractivity contribution in [2.24, 2.45) is 16.5 Å². The predicted octanol–water partition coefficient (Wildman–Crippen LogP) is 2.96. The average molecular weight is 445 g/mol. The van der Waals surface area contributed by atoms with E-state index in [0.29, 0.717) is 17.0 Å². The summed E-state index contributed by atoms with van der Waals surface area (Å²) in [6.07, 6.45) is 4.64. The fourth-order valence-corrected chi connectivity index (χ4v) is 3.46. The van der Waals surface area contributed by atoms with Gasteiger partial charge in [0, 0.05) is 41.5 Å². The Labute approximate surface area is 192 Å². The number of carbonyl (C=O) groups excluding carboxylic acids is 1. The third kappa shape index (κ3) is 5.94. The molecule has 1 unspecified atom stereocenters. The van der Waals surface area contributed by atoms with Crippen LogP contribution >= 0.6 is 0 Å². The fourth-order valence-electron chi connectivity index (χ4n) is 3.46. The highest BCUT2D eigenvalue weighted by molar-refractivity contribution is 5.94. The molecule has 0 bridgehead atoms. The largest absolute Gasteiger partial charge is 0.402 e. The Morgan fingerprint density at radius 3 is 2.58 bits per heavy atom. The van der Waals surface area contributed by atoms with E-state index in [-0.39, 0.29) is 23.4 Å². The van der Waals surface area contributed by atoms with Crippen LogP contribution in [0.3, 0.4) is 0 Å². The summed E-state index contributed by atoms with van der Waals surface area (Å²) in [6, 6.07) is 13.1. The van der Waals surface area contributed by atoms with E-state index >= 15 is 0 Å². The van der Waals surface area contributed by atoms with Gasteiger partial charge in [0.25, 0.3) is 5.91 Å². The van der Waals surface area contributed by atoms with Crippen LogP contribution in [0.4, 0.5) is 0 Å². The number of pyridine rings is 2. The second-order valence-electron chi connectivity index (χ2n) is 7.79. The summed E-state index contributed by atoms with van der Waals surface area (Å²) in [5.74, 6) is -0.269. The molecule has 8 nitrogen and oxygen atoms in total. The van der Waals surface area contributed by atoms with Crippen LogP contribution in [0.15, 0.2) is 76.4 Å². The Kier molecular flexibility index (Phi) is 7.40. The van der Waals surface area contributed by atoms with Gasteiger partial charge in [-0.05, 0) is 38.5 Å². The molecule has 1 amide bonds. The van der Waals surface area contributed by atoms with Crippen LogP contribution in [-0.4, -0.2) is 21.7 Å². The van der Waals surface area contributed by atoms with Crippen LogP contribution in [0.25, 0.3) is 11.3 Å². The summed E-state index contributed by atoms with van der Waals surface area (Å²) in [5, 5.41) is 2.78. The SMILES string of the molecule is C/C(N)=C/C(N)=NC(C)c1c(C)[nH]cc(C(=O)NCc2ccc(-c3ccccc3)nc2)c1=O. The Morgan fingerprint density at radius 2 is 1.94 bits per heavy atom. The van der Waals surface area contributed by atoms with E-state index in [0.717, 1.165) is 16.8 Å². The van der Waals surface area contributed by atoms with E-state index in [1.165, 1.54) is 12.3 Å². The number of aliphatic imine (C=N–C) groups is 1. The van der Waals surface area contributed by atoms with E-state index in [1.54, 1.807) is 27.0 Å². The number of aromatic nitrogens is 2. The standard InChI is InChI=1S/C25H28N6O2/c1-15(26)11-22(27)31-17(3)23-16(2)28-14-20(24(23)32)25(33)30-13-18-9-10-21(29-12-18)19-7-5-4-6-8-19/h4-12,14,17H,13,26H2,1-3H3,(H2,27,31)(H,28,32)(H,30,33)/b15-11-. The van der Waals surface area contributed by atoms with Gasteiger partial charge in [0.2, 0.25) is 0 Å². The van der Waals surface area contributed by atoms with Gasteiger partial charge in [-0.1, -0.05) is 36.4 Å². The number of nitrogens with two attached hydrogens (primary N) is 2. The number of hydrogen-bond donors (Lipinski definition) is 4. The van der Waals surface area contributed by atoms with Crippen molar-refractivity contribution in [1.29, 1.82) is 0 Å². The number of hydrogen-bond acceptors (Lipinski definition) is 5. The molecule has 8 heteroatoms. The van der Waals surface area contributed by atoms with E-state index in [2.05, 4.69) is 20.3 Å². The van der Waals surface area contributed by atoms with Gasteiger partial charge in [0.05, 0.1) is 11.7 Å². The van der Waals surface area contributed by atoms with Crippen molar-refractivity contribution in [2.45, 2.75) is 33.4 Å². The average Bonchev–Trinajstić information content (AvgIpc) is 2.78. The minimum atomic E-state index is -0.549. The molecular formula is C25H28N6O2. The number of allylic oxidation sites excluding steroid dienone is 1. The number of amides is 1. The maximum Gasteiger partial charge on any atom is 0.257 e. The first-order valence-electron chi connectivity index (χ1n) is 10.5. The highest BCUT2D eigenvalue weighted by Crippen LogP contribution is 2.17. The molecule has 0 aliphatic rings. The van der Waals surface area contributed by atoms with Crippen molar-refractivity contribution in [3.8, 4) is 11.3 Å². The zero-order chi connectivity index (χ0) is 24.0. The molecule has 3 rings (SSSR count). The smallest absolute Gasteiger partial charge is 0.257 e. The summed E-state index contributed by atoms with van der Waals surface area (Å²) in [4.78, 5) is 37.5. The number of rotatable bonds is 7. The second-order valence-corrected chi connectivity index (χ2v) is 7.79. The Balaban J connectivity index is 1.75. The lowest BCUT2D eigenvalue weighted by atomic mass is 10.0. The summed E-state index contributed by atoms with van der Waals surface area (Å²) in [5.41, 5.74) is 15.3. The van der Waals surface area contributed by atoms with Gasteiger partial charge in [-0.15, -0.1) is 0 Å². The topological polar surface area (TPSA) is 139 Å². The summed E-state index contributed by atoms with van der Waals surface area (Å²) in [7, 11) is 0. The Bertz CT molecular complexity index is 1240. The van der Waals surface area contributed by atoms with Crippen LogP contribution in [0.2, 0.25) is 0 Å². The van der Waals surface area contributed by atoms with Crippen molar-refractivity contribution in [2.75, 3.05) is 0 Å². The minimum Gasteiger partial charge on any atom is -0.402 e. The molecule has 0 fully saturated rings. The van der Waals surface area contributed by atoms with Crippen LogP contribution in [0.5, 0.6) is 0 Å². The van der Waals surface area contributed by atoms with E-state index in [9.17, 15) is 9.59 Å². The number of nitrogens with zero attached hydrogens (tertiary/aromatic N) is 2. The van der Waals surface area contributed by atoms with Gasteiger partial charge < -0.3 is 21.8 Å². The van der Waals surface area contributed by atoms with Gasteiger partial charge >= 0.3 is 0 Å². The minimum absolute atomic E-state index is 0.00985. The predicted molar refractivity (Wildman–Crippen MR) is 131 cm³/mol. The molecule has 33 heavy (non-hydrogen) atoms. The van der Waals surface area contributed by atoms with Crippen molar-refractivity contribution in [1.82, 2.24) is 15.3 Å². The first kappa shape index (κ1) is 23.5. The molecule has 170 valence electrons. The quantitative estimate of drug-likeness (QED) is 0.328. The summed E-state index contributed by atoms with van der Waals surface area (Å²) < 4.78 is 0. The number of amidine groups is 1. The highest BCUT2D eigenvalue weighted by atomic mass is 16.2. The first-order chi connectivity index (χ1) is 15.8. The maximum absolute atomic E-state index is 13.0. The molecule has 1 atom stereocenters. The molecule has 3 aromatic rings. The molecule has 0 aliphatic heterocycles. The zero-order valence-electron chi connectivity index (χ0n) is 18.9. The number of aromatic amines is 1. The second kappa shape index (κ2) is 10.4. The lowest BCUT2D eigenvalue weighted by Gasteiger charge is -2.13. The molecule has 0 spiro atoms. The Hall–Kier alpha value is -4.20. The van der Waals surface area contributed by atoms with Gasteiger partial charge in [0.1, 0.15) is 11.4 Å². The number of nitrogens with one attached hydrogen (secondary N) is 2. The third-order valence-corrected chi connectivity index (χ3v) is 5.05. The molecule has 0 saturated carbocycles. The van der Waals surface area contributed by atoms with E-state index in [1.807, 2.05) is 42.5 Å². The number of benzene rings is 1. The van der Waals surface area contributed by atoms with Crippen LogP contribution < -0.4 is 22.2 Å². The lowest BCUT2D eigenvalue weighted by molar-refractivity contribution is 0.0949. The molecule has 0 radical (unpaired) electrons. The van der Waals surface area contributed by atoms with Crippen molar-refractivity contribution in [3.63, 3.8) is 0 Å². The maximum atomic E-state index is 13.0. The highest BCUT2D eigenvalue weighted by Gasteiger charge is 2.19. The van der Waals surface area contributed by atoms with Crippen LogP contribution in [0.1, 0.15) is 47.1 Å².